The summed E-state index contributed by atoms with van der Waals surface area (Å²) in [6.07, 6.45) is 3.10. The number of aromatic carboxylic acids is 1. The average molecular weight is 270 g/mol. The van der Waals surface area contributed by atoms with Crippen molar-refractivity contribution in [2.24, 2.45) is 0 Å². The first-order valence-corrected chi connectivity index (χ1v) is 4.64. The van der Waals surface area contributed by atoms with Crippen LogP contribution in [0.5, 0.6) is 0 Å². The Morgan fingerprint density at radius 3 is 2.93 bits per heavy atom. The second-order valence-electron chi connectivity index (χ2n) is 2.58. The van der Waals surface area contributed by atoms with Crippen LogP contribution >= 0.6 is 15.9 Å². The smallest absolute Gasteiger partial charge is 0.377 e. The molecule has 7 heteroatoms. The highest BCUT2D eigenvalue weighted by Gasteiger charge is 2.15. The molecular formula is C8H4BrN3O3. The predicted octanol–water partition coefficient (Wildman–Crippen LogP) is 1.59. The fourth-order valence-electron chi connectivity index (χ4n) is 0.968. The third-order valence-electron chi connectivity index (χ3n) is 1.62. The van der Waals surface area contributed by atoms with Gasteiger partial charge in [0.25, 0.3) is 11.7 Å². The molecule has 2 aromatic heterocycles. The van der Waals surface area contributed by atoms with Crippen molar-refractivity contribution < 1.29 is 14.4 Å². The number of carbonyl (C=O) groups is 1. The summed E-state index contributed by atoms with van der Waals surface area (Å²) >= 11 is 3.24. The predicted molar refractivity (Wildman–Crippen MR) is 52.2 cm³/mol. The molecule has 0 aromatic carbocycles. The van der Waals surface area contributed by atoms with E-state index >= 15 is 0 Å². The number of halogens is 1. The van der Waals surface area contributed by atoms with Crippen LogP contribution in [-0.4, -0.2) is 26.2 Å². The zero-order valence-electron chi connectivity index (χ0n) is 7.22. The van der Waals surface area contributed by atoms with E-state index in [-0.39, 0.29) is 11.7 Å². The van der Waals surface area contributed by atoms with Crippen molar-refractivity contribution in [1.82, 2.24) is 15.1 Å². The Bertz CT molecular complexity index is 511. The van der Waals surface area contributed by atoms with Crippen LogP contribution in [0.2, 0.25) is 0 Å². The summed E-state index contributed by atoms with van der Waals surface area (Å²) in [5, 5.41) is 11.9. The van der Waals surface area contributed by atoms with Gasteiger partial charge in [-0.2, -0.15) is 4.98 Å². The molecule has 0 spiro atoms. The number of carboxylic acids is 1. The average Bonchev–Trinajstić information content (AvgIpc) is 2.67. The van der Waals surface area contributed by atoms with Gasteiger partial charge in [-0.3, -0.25) is 4.98 Å². The molecule has 0 saturated carbocycles. The highest BCUT2D eigenvalue weighted by atomic mass is 79.9. The lowest BCUT2D eigenvalue weighted by Crippen LogP contribution is -1.98. The second-order valence-corrected chi connectivity index (χ2v) is 3.44. The maximum atomic E-state index is 10.5. The Morgan fingerprint density at radius 1 is 1.53 bits per heavy atom. The van der Waals surface area contributed by atoms with E-state index in [9.17, 15) is 4.79 Å². The largest absolute Gasteiger partial charge is 0.475 e. The van der Waals surface area contributed by atoms with E-state index < -0.39 is 5.97 Å². The SMILES string of the molecule is O=C(O)c1noc(-c2ccncc2Br)n1. The topological polar surface area (TPSA) is 89.1 Å². The molecule has 0 amide bonds. The van der Waals surface area contributed by atoms with Gasteiger partial charge in [0.05, 0.1) is 5.56 Å². The lowest BCUT2D eigenvalue weighted by molar-refractivity contribution is 0.0680. The molecule has 76 valence electrons. The van der Waals surface area contributed by atoms with Crippen LogP contribution in [0.1, 0.15) is 10.6 Å². The third-order valence-corrected chi connectivity index (χ3v) is 2.25. The van der Waals surface area contributed by atoms with Gasteiger partial charge in [0.2, 0.25) is 0 Å². The summed E-state index contributed by atoms with van der Waals surface area (Å²) < 4.78 is 5.45. The van der Waals surface area contributed by atoms with E-state index in [0.29, 0.717) is 10.0 Å². The molecule has 6 nitrogen and oxygen atoms in total. The molecule has 0 saturated heterocycles. The number of rotatable bonds is 2. The van der Waals surface area contributed by atoms with E-state index in [4.69, 9.17) is 9.63 Å². The van der Waals surface area contributed by atoms with Gasteiger partial charge < -0.3 is 9.63 Å². The molecule has 1 N–H and O–H groups in total. The molecule has 0 aliphatic heterocycles. The van der Waals surface area contributed by atoms with Crippen LogP contribution in [0, 0.1) is 0 Å². The Balaban J connectivity index is 2.46. The summed E-state index contributed by atoms with van der Waals surface area (Å²) in [5.74, 6) is -1.45. The van der Waals surface area contributed by atoms with Crippen molar-refractivity contribution in [3.63, 3.8) is 0 Å². The zero-order chi connectivity index (χ0) is 10.8. The van der Waals surface area contributed by atoms with Crippen molar-refractivity contribution >= 4 is 21.9 Å². The van der Waals surface area contributed by atoms with Crippen molar-refractivity contribution in [3.8, 4) is 11.5 Å². The van der Waals surface area contributed by atoms with E-state index in [1.165, 1.54) is 0 Å². The number of hydrogen-bond donors (Lipinski definition) is 1. The normalized spacial score (nSPS) is 10.2. The fraction of sp³-hybridized carbons (Fsp3) is 0. The van der Waals surface area contributed by atoms with Gasteiger partial charge in [-0.15, -0.1) is 0 Å². The highest BCUT2D eigenvalue weighted by Crippen LogP contribution is 2.25. The molecule has 2 rings (SSSR count). The molecule has 2 aromatic rings. The summed E-state index contributed by atoms with van der Waals surface area (Å²) in [4.78, 5) is 18.1. The first-order valence-electron chi connectivity index (χ1n) is 3.85. The summed E-state index contributed by atoms with van der Waals surface area (Å²) in [5.41, 5.74) is 0.602. The Kier molecular flexibility index (Phi) is 2.46. The molecule has 2 heterocycles. The fourth-order valence-corrected chi connectivity index (χ4v) is 1.39. The Hall–Kier alpha value is -1.76. The van der Waals surface area contributed by atoms with Crippen LogP contribution in [-0.2, 0) is 0 Å². The number of hydrogen-bond acceptors (Lipinski definition) is 5. The van der Waals surface area contributed by atoms with E-state index in [1.54, 1.807) is 18.5 Å². The number of pyridine rings is 1. The first-order chi connectivity index (χ1) is 7.18. The third kappa shape index (κ3) is 1.86. The lowest BCUT2D eigenvalue weighted by Gasteiger charge is -1.95. The Labute approximate surface area is 92.1 Å². The molecule has 0 bridgehead atoms. The number of carboxylic acid groups (broad SMARTS) is 1. The van der Waals surface area contributed by atoms with Crippen LogP contribution in [0.15, 0.2) is 27.5 Å². The highest BCUT2D eigenvalue weighted by molar-refractivity contribution is 9.10. The molecule has 0 fully saturated rings. The first kappa shape index (κ1) is 9.78. The second kappa shape index (κ2) is 3.77. The molecular weight excluding hydrogens is 266 g/mol. The maximum Gasteiger partial charge on any atom is 0.377 e. The molecule has 0 radical (unpaired) electrons. The van der Waals surface area contributed by atoms with Gasteiger partial charge in [0.15, 0.2) is 0 Å². The summed E-state index contributed by atoms with van der Waals surface area (Å²) in [7, 11) is 0. The van der Waals surface area contributed by atoms with E-state index in [2.05, 4.69) is 31.1 Å². The molecule has 0 aliphatic carbocycles. The van der Waals surface area contributed by atoms with Gasteiger partial charge >= 0.3 is 5.97 Å². The maximum absolute atomic E-state index is 10.5. The van der Waals surface area contributed by atoms with Crippen LogP contribution in [0.3, 0.4) is 0 Å². The Morgan fingerprint density at radius 2 is 2.33 bits per heavy atom. The molecule has 0 aliphatic rings. The monoisotopic (exact) mass is 269 g/mol. The van der Waals surface area contributed by atoms with Gasteiger partial charge in [0, 0.05) is 16.9 Å². The minimum atomic E-state index is -1.23. The van der Waals surface area contributed by atoms with Gasteiger partial charge in [-0.05, 0) is 27.2 Å². The number of aromatic nitrogens is 3. The van der Waals surface area contributed by atoms with Crippen LogP contribution < -0.4 is 0 Å². The van der Waals surface area contributed by atoms with Crippen LogP contribution in [0.4, 0.5) is 0 Å². The van der Waals surface area contributed by atoms with Crippen molar-refractivity contribution in [3.05, 3.63) is 28.8 Å². The quantitative estimate of drug-likeness (QED) is 0.891. The minimum absolute atomic E-state index is 0.140. The number of nitrogens with zero attached hydrogens (tertiary/aromatic N) is 3. The summed E-state index contributed by atoms with van der Waals surface area (Å²) in [6, 6.07) is 1.64. The lowest BCUT2D eigenvalue weighted by atomic mass is 10.3. The van der Waals surface area contributed by atoms with Crippen molar-refractivity contribution in [2.45, 2.75) is 0 Å². The van der Waals surface area contributed by atoms with Gasteiger partial charge in [0.1, 0.15) is 0 Å². The van der Waals surface area contributed by atoms with Crippen molar-refractivity contribution in [2.75, 3.05) is 0 Å². The van der Waals surface area contributed by atoms with Gasteiger partial charge in [-0.25, -0.2) is 4.79 Å². The molecule has 0 unspecified atom stereocenters. The zero-order valence-corrected chi connectivity index (χ0v) is 8.80. The standard InChI is InChI=1S/C8H4BrN3O3/c9-5-3-10-2-1-4(5)7-11-6(8(13)14)12-15-7/h1-3H,(H,13,14). The van der Waals surface area contributed by atoms with E-state index in [0.717, 1.165) is 0 Å². The molecule has 0 atom stereocenters. The van der Waals surface area contributed by atoms with E-state index in [1.807, 2.05) is 0 Å². The van der Waals surface area contributed by atoms with Gasteiger partial charge in [-0.1, -0.05) is 0 Å². The summed E-state index contributed by atoms with van der Waals surface area (Å²) in [6.45, 7) is 0. The molecule has 15 heavy (non-hydrogen) atoms. The van der Waals surface area contributed by atoms with Crippen LogP contribution in [0.25, 0.3) is 11.5 Å². The van der Waals surface area contributed by atoms with Crippen molar-refractivity contribution in [1.29, 1.82) is 0 Å². The minimum Gasteiger partial charge on any atom is -0.475 e.